The molecule has 0 bridgehead atoms. The number of nitrogens with zero attached hydrogens (tertiary/aromatic N) is 1. The fourth-order valence-electron chi connectivity index (χ4n) is 1.64. The maximum Gasteiger partial charge on any atom is 0.0910 e. The van der Waals surface area contributed by atoms with Crippen LogP contribution < -0.4 is 0 Å². The van der Waals surface area contributed by atoms with Gasteiger partial charge in [-0.05, 0) is 25.2 Å². The van der Waals surface area contributed by atoms with Crippen molar-refractivity contribution in [2.45, 2.75) is 19.3 Å². The van der Waals surface area contributed by atoms with Crippen molar-refractivity contribution < 1.29 is 9.32 Å². The highest BCUT2D eigenvalue weighted by Gasteiger charge is 2.20. The van der Waals surface area contributed by atoms with Crippen molar-refractivity contribution in [1.29, 1.82) is 0 Å². The average Bonchev–Trinajstić information content (AvgIpc) is 2.06. The molecule has 0 aromatic rings. The highest BCUT2D eigenvalue weighted by atomic mass is 32.2. The molecule has 0 spiro atoms. The lowest BCUT2D eigenvalue weighted by Gasteiger charge is -2.29. The molecule has 0 aliphatic carbocycles. The summed E-state index contributed by atoms with van der Waals surface area (Å²) in [6.45, 7) is 2.14. The molecule has 1 aliphatic heterocycles. The zero-order valence-corrected chi connectivity index (χ0v) is 8.35. The average molecular weight is 191 g/mol. The van der Waals surface area contributed by atoms with Gasteiger partial charge >= 0.3 is 0 Å². The van der Waals surface area contributed by atoms with Crippen LogP contribution in [0.25, 0.3) is 0 Å². The van der Waals surface area contributed by atoms with E-state index in [4.69, 9.17) is 5.11 Å². The van der Waals surface area contributed by atoms with Crippen molar-refractivity contribution in [3.63, 3.8) is 0 Å². The van der Waals surface area contributed by atoms with Gasteiger partial charge in [0, 0.05) is 26.0 Å². The van der Waals surface area contributed by atoms with E-state index in [0.29, 0.717) is 12.5 Å². The summed E-state index contributed by atoms with van der Waals surface area (Å²) < 4.78 is 13.0. The molecule has 0 aromatic carbocycles. The lowest BCUT2D eigenvalue weighted by molar-refractivity contribution is 0.211. The summed E-state index contributed by atoms with van der Waals surface area (Å²) in [5, 5.41) is 8.72. The first kappa shape index (κ1) is 10.2. The van der Waals surface area contributed by atoms with Crippen LogP contribution in [0.4, 0.5) is 0 Å². The Morgan fingerprint density at radius 1 is 1.50 bits per heavy atom. The third-order valence-electron chi connectivity index (χ3n) is 2.47. The van der Waals surface area contributed by atoms with Gasteiger partial charge in [-0.3, -0.25) is 0 Å². The van der Waals surface area contributed by atoms with E-state index < -0.39 is 11.0 Å². The Hall–Kier alpha value is 0.0700. The van der Waals surface area contributed by atoms with Gasteiger partial charge in [0.25, 0.3) is 0 Å². The summed E-state index contributed by atoms with van der Waals surface area (Å²) in [6, 6.07) is 0. The normalized spacial score (nSPS) is 24.2. The highest BCUT2D eigenvalue weighted by Crippen LogP contribution is 2.20. The van der Waals surface area contributed by atoms with Gasteiger partial charge in [-0.1, -0.05) is 0 Å². The van der Waals surface area contributed by atoms with Crippen molar-refractivity contribution in [1.82, 2.24) is 4.31 Å². The predicted molar refractivity (Wildman–Crippen MR) is 50.1 cm³/mol. The molecule has 0 saturated carbocycles. The van der Waals surface area contributed by atoms with Crippen molar-refractivity contribution in [3.8, 4) is 0 Å². The molecule has 0 amide bonds. The van der Waals surface area contributed by atoms with E-state index in [-0.39, 0.29) is 0 Å². The summed E-state index contributed by atoms with van der Waals surface area (Å²) in [6.07, 6.45) is 4.80. The second-order valence-corrected chi connectivity index (χ2v) is 4.67. The van der Waals surface area contributed by atoms with Gasteiger partial charge in [-0.25, -0.2) is 8.51 Å². The van der Waals surface area contributed by atoms with E-state index in [1.807, 2.05) is 4.31 Å². The van der Waals surface area contributed by atoms with E-state index in [9.17, 15) is 4.21 Å². The van der Waals surface area contributed by atoms with E-state index in [1.165, 1.54) is 0 Å². The Labute approximate surface area is 76.4 Å². The molecular weight excluding hydrogens is 174 g/mol. The maximum atomic E-state index is 11.1. The fraction of sp³-hybridized carbons (Fsp3) is 1.00. The molecule has 1 fully saturated rings. The van der Waals surface area contributed by atoms with Crippen LogP contribution in [0.1, 0.15) is 19.3 Å². The van der Waals surface area contributed by atoms with Crippen LogP contribution in [-0.4, -0.2) is 39.6 Å². The number of aliphatic hydroxyl groups excluding tert-OH is 1. The lowest BCUT2D eigenvalue weighted by atomic mass is 9.95. The SMILES string of the molecule is CS(=O)N1CCC(CCO)CC1. The standard InChI is InChI=1S/C8H17NO2S/c1-12(11)9-5-2-8(3-6-9)4-7-10/h8,10H,2-7H2,1H3. The van der Waals surface area contributed by atoms with Crippen LogP contribution in [0, 0.1) is 5.92 Å². The number of rotatable bonds is 3. The first-order chi connectivity index (χ1) is 5.74. The van der Waals surface area contributed by atoms with Gasteiger partial charge in [0.2, 0.25) is 0 Å². The van der Waals surface area contributed by atoms with Crippen molar-refractivity contribution in [3.05, 3.63) is 0 Å². The first-order valence-electron chi connectivity index (χ1n) is 4.43. The Kier molecular flexibility index (Phi) is 4.18. The number of piperidine rings is 1. The number of aliphatic hydroxyl groups is 1. The minimum absolute atomic E-state index is 0.292. The second-order valence-electron chi connectivity index (χ2n) is 3.31. The minimum atomic E-state index is -0.800. The molecule has 1 saturated heterocycles. The summed E-state index contributed by atoms with van der Waals surface area (Å²) >= 11 is 0. The third kappa shape index (κ3) is 2.84. The van der Waals surface area contributed by atoms with Crippen LogP contribution in [-0.2, 0) is 11.0 Å². The zero-order chi connectivity index (χ0) is 8.97. The van der Waals surface area contributed by atoms with Gasteiger partial charge in [-0.15, -0.1) is 0 Å². The van der Waals surface area contributed by atoms with E-state index >= 15 is 0 Å². The second kappa shape index (κ2) is 4.94. The van der Waals surface area contributed by atoms with E-state index in [1.54, 1.807) is 6.26 Å². The van der Waals surface area contributed by atoms with E-state index in [2.05, 4.69) is 0 Å². The summed E-state index contributed by atoms with van der Waals surface area (Å²) in [5.74, 6) is 0.648. The molecule has 1 aliphatic rings. The summed E-state index contributed by atoms with van der Waals surface area (Å²) in [7, 11) is -0.800. The van der Waals surface area contributed by atoms with Gasteiger partial charge in [0.1, 0.15) is 0 Å². The Morgan fingerprint density at radius 2 is 2.08 bits per heavy atom. The molecule has 1 N–H and O–H groups in total. The summed E-state index contributed by atoms with van der Waals surface area (Å²) in [5.41, 5.74) is 0. The van der Waals surface area contributed by atoms with Crippen molar-refractivity contribution in [2.75, 3.05) is 26.0 Å². The monoisotopic (exact) mass is 191 g/mol. The quantitative estimate of drug-likeness (QED) is 0.700. The van der Waals surface area contributed by atoms with Crippen molar-refractivity contribution in [2.24, 2.45) is 5.92 Å². The molecule has 12 heavy (non-hydrogen) atoms. The molecule has 1 rings (SSSR count). The van der Waals surface area contributed by atoms with Crippen LogP contribution in [0.15, 0.2) is 0 Å². The van der Waals surface area contributed by atoms with Gasteiger partial charge in [0.05, 0.1) is 11.0 Å². The predicted octanol–water partition coefficient (Wildman–Crippen LogP) is 0.374. The Morgan fingerprint density at radius 3 is 2.50 bits per heavy atom. The fourth-order valence-corrected chi connectivity index (χ4v) is 2.36. The molecule has 4 heteroatoms. The molecule has 72 valence electrons. The number of hydrogen-bond acceptors (Lipinski definition) is 2. The highest BCUT2D eigenvalue weighted by molar-refractivity contribution is 7.81. The molecular formula is C8H17NO2S. The lowest BCUT2D eigenvalue weighted by Crippen LogP contribution is -2.34. The minimum Gasteiger partial charge on any atom is -0.396 e. The third-order valence-corrected chi connectivity index (χ3v) is 3.57. The molecule has 1 atom stereocenters. The van der Waals surface area contributed by atoms with Crippen LogP contribution in [0.2, 0.25) is 0 Å². The zero-order valence-electron chi connectivity index (χ0n) is 7.53. The largest absolute Gasteiger partial charge is 0.396 e. The Balaban J connectivity index is 2.25. The molecule has 0 radical (unpaired) electrons. The van der Waals surface area contributed by atoms with Crippen LogP contribution in [0.3, 0.4) is 0 Å². The Bertz CT molecular complexity index is 155. The summed E-state index contributed by atoms with van der Waals surface area (Å²) in [4.78, 5) is 0. The topological polar surface area (TPSA) is 40.5 Å². The first-order valence-corrected chi connectivity index (χ1v) is 5.95. The van der Waals surface area contributed by atoms with Gasteiger partial charge in [-0.2, -0.15) is 0 Å². The molecule has 1 unspecified atom stereocenters. The maximum absolute atomic E-state index is 11.1. The molecule has 0 aromatic heterocycles. The van der Waals surface area contributed by atoms with Gasteiger partial charge < -0.3 is 5.11 Å². The number of hydrogen-bond donors (Lipinski definition) is 1. The smallest absolute Gasteiger partial charge is 0.0910 e. The van der Waals surface area contributed by atoms with E-state index in [0.717, 1.165) is 32.4 Å². The van der Waals surface area contributed by atoms with Gasteiger partial charge in [0.15, 0.2) is 0 Å². The van der Waals surface area contributed by atoms with Crippen molar-refractivity contribution >= 4 is 11.0 Å². The molecule has 3 nitrogen and oxygen atoms in total. The molecule has 1 heterocycles. The van der Waals surface area contributed by atoms with Crippen LogP contribution in [0.5, 0.6) is 0 Å². The van der Waals surface area contributed by atoms with Crippen LogP contribution >= 0.6 is 0 Å².